The summed E-state index contributed by atoms with van der Waals surface area (Å²) in [4.78, 5) is 15.3. The van der Waals surface area contributed by atoms with E-state index in [4.69, 9.17) is 4.74 Å². The molecule has 3 nitrogen and oxygen atoms in total. The summed E-state index contributed by atoms with van der Waals surface area (Å²) in [5, 5.41) is 0. The smallest absolute Gasteiger partial charge is 0.226 e. The molecule has 35 heavy (non-hydrogen) atoms. The summed E-state index contributed by atoms with van der Waals surface area (Å²) < 4.78 is 5.49. The third-order valence-corrected chi connectivity index (χ3v) is 12.0. The highest BCUT2D eigenvalue weighted by molar-refractivity contribution is 5.79. The zero-order chi connectivity index (χ0) is 24.8. The van der Waals surface area contributed by atoms with Crippen molar-refractivity contribution in [1.82, 2.24) is 4.90 Å². The number of hydrogen-bond donors (Lipinski definition) is 0. The first-order valence-corrected chi connectivity index (χ1v) is 15.3. The lowest BCUT2D eigenvalue weighted by Gasteiger charge is -2.58. The lowest BCUT2D eigenvalue weighted by molar-refractivity contribution is -0.141. The Bertz CT molecular complexity index is 797. The second-order valence-corrected chi connectivity index (χ2v) is 14.2. The molecule has 5 aliphatic rings. The van der Waals surface area contributed by atoms with Gasteiger partial charge in [-0.15, -0.1) is 0 Å². The van der Waals surface area contributed by atoms with Crippen molar-refractivity contribution in [2.45, 2.75) is 105 Å². The summed E-state index contributed by atoms with van der Waals surface area (Å²) in [6, 6.07) is 0. The number of morpholine rings is 1. The lowest BCUT2D eigenvalue weighted by Crippen LogP contribution is -2.51. The molecule has 0 N–H and O–H groups in total. The minimum Gasteiger partial charge on any atom is -0.378 e. The molecule has 3 saturated carbocycles. The van der Waals surface area contributed by atoms with Crippen molar-refractivity contribution < 1.29 is 9.53 Å². The molecule has 0 aromatic heterocycles. The molecule has 198 valence electrons. The maximum absolute atomic E-state index is 13.3. The molecule has 5 rings (SSSR count). The quantitative estimate of drug-likeness (QED) is 0.366. The Morgan fingerprint density at radius 3 is 2.54 bits per heavy atom. The number of rotatable bonds is 6. The number of allylic oxidation sites excluding steroid dienone is 2. The van der Waals surface area contributed by atoms with Crippen LogP contribution in [0, 0.1) is 52.3 Å². The Hall–Kier alpha value is -0.830. The van der Waals surface area contributed by atoms with Gasteiger partial charge in [0.15, 0.2) is 0 Å². The van der Waals surface area contributed by atoms with E-state index in [2.05, 4.69) is 45.6 Å². The Kier molecular flexibility index (Phi) is 7.48. The molecule has 0 aromatic rings. The van der Waals surface area contributed by atoms with E-state index in [1.165, 1.54) is 57.8 Å². The summed E-state index contributed by atoms with van der Waals surface area (Å²) in [6.07, 6.45) is 17.3. The molecule has 4 fully saturated rings. The van der Waals surface area contributed by atoms with Crippen molar-refractivity contribution in [3.05, 3.63) is 11.6 Å². The van der Waals surface area contributed by atoms with Crippen LogP contribution in [-0.4, -0.2) is 37.1 Å². The van der Waals surface area contributed by atoms with Crippen molar-refractivity contribution >= 4 is 5.91 Å². The van der Waals surface area contributed by atoms with Crippen molar-refractivity contribution in [1.29, 1.82) is 0 Å². The Balaban J connectivity index is 1.27. The summed E-state index contributed by atoms with van der Waals surface area (Å²) in [5.74, 6) is 5.90. The van der Waals surface area contributed by atoms with Crippen LogP contribution in [0.3, 0.4) is 0 Å². The van der Waals surface area contributed by atoms with Gasteiger partial charge in [-0.05, 0) is 97.7 Å². The Morgan fingerprint density at radius 2 is 1.80 bits per heavy atom. The largest absolute Gasteiger partial charge is 0.378 e. The van der Waals surface area contributed by atoms with Gasteiger partial charge in [0.1, 0.15) is 0 Å². The van der Waals surface area contributed by atoms with Crippen molar-refractivity contribution in [2.75, 3.05) is 26.3 Å². The maximum atomic E-state index is 13.3. The normalized spacial score (nSPS) is 42.2. The molecule has 0 aromatic carbocycles. The number of amides is 1. The molecule has 1 saturated heterocycles. The third kappa shape index (κ3) is 4.66. The van der Waals surface area contributed by atoms with Gasteiger partial charge in [-0.2, -0.15) is 0 Å². The predicted octanol–water partition coefficient (Wildman–Crippen LogP) is 7.50. The fraction of sp³-hybridized carbons (Fsp3) is 0.906. The van der Waals surface area contributed by atoms with E-state index in [-0.39, 0.29) is 5.92 Å². The van der Waals surface area contributed by atoms with Gasteiger partial charge in [0.25, 0.3) is 0 Å². The summed E-state index contributed by atoms with van der Waals surface area (Å²) >= 11 is 0. The van der Waals surface area contributed by atoms with Crippen molar-refractivity contribution in [3.8, 4) is 0 Å². The number of carbonyl (C=O) groups is 1. The molecule has 1 amide bonds. The first-order valence-electron chi connectivity index (χ1n) is 15.3. The van der Waals surface area contributed by atoms with E-state index in [1.807, 2.05) is 0 Å². The summed E-state index contributed by atoms with van der Waals surface area (Å²) in [7, 11) is 0. The maximum Gasteiger partial charge on any atom is 0.226 e. The van der Waals surface area contributed by atoms with Crippen LogP contribution in [-0.2, 0) is 9.53 Å². The van der Waals surface area contributed by atoms with Crippen LogP contribution in [0.15, 0.2) is 11.6 Å². The number of hydrogen-bond acceptors (Lipinski definition) is 2. The van der Waals surface area contributed by atoms with Gasteiger partial charge in [-0.3, -0.25) is 4.79 Å². The Labute approximate surface area is 215 Å². The molecule has 1 unspecified atom stereocenters. The molecular formula is C32H53NO2. The van der Waals surface area contributed by atoms with Gasteiger partial charge in [-0.25, -0.2) is 0 Å². The van der Waals surface area contributed by atoms with Crippen LogP contribution in [0.4, 0.5) is 0 Å². The van der Waals surface area contributed by atoms with Gasteiger partial charge in [0.05, 0.1) is 13.2 Å². The molecular weight excluding hydrogens is 430 g/mol. The van der Waals surface area contributed by atoms with Gasteiger partial charge in [0, 0.05) is 19.0 Å². The van der Waals surface area contributed by atoms with E-state index in [0.717, 1.165) is 61.4 Å². The Morgan fingerprint density at radius 1 is 1.03 bits per heavy atom. The van der Waals surface area contributed by atoms with E-state index >= 15 is 0 Å². The number of carbonyl (C=O) groups excluding carboxylic acids is 1. The highest BCUT2D eigenvalue weighted by atomic mass is 16.5. The van der Waals surface area contributed by atoms with Crippen LogP contribution in [0.2, 0.25) is 0 Å². The van der Waals surface area contributed by atoms with Crippen LogP contribution in [0.1, 0.15) is 105 Å². The average molecular weight is 484 g/mol. The molecule has 4 aliphatic carbocycles. The predicted molar refractivity (Wildman–Crippen MR) is 144 cm³/mol. The second-order valence-electron chi connectivity index (χ2n) is 14.2. The zero-order valence-corrected chi connectivity index (χ0v) is 23.5. The molecule has 1 aliphatic heterocycles. The van der Waals surface area contributed by atoms with E-state index in [1.54, 1.807) is 5.57 Å². The highest BCUT2D eigenvalue weighted by Gasteiger charge is 2.59. The van der Waals surface area contributed by atoms with Gasteiger partial charge >= 0.3 is 0 Å². The highest BCUT2D eigenvalue weighted by Crippen LogP contribution is 2.67. The molecule has 1 heterocycles. The summed E-state index contributed by atoms with van der Waals surface area (Å²) in [6.45, 7) is 15.6. The fourth-order valence-electron chi connectivity index (χ4n) is 9.94. The van der Waals surface area contributed by atoms with Gasteiger partial charge < -0.3 is 9.64 Å². The van der Waals surface area contributed by atoms with E-state index < -0.39 is 0 Å². The van der Waals surface area contributed by atoms with Crippen LogP contribution in [0.5, 0.6) is 0 Å². The second kappa shape index (κ2) is 10.1. The van der Waals surface area contributed by atoms with Gasteiger partial charge in [0.2, 0.25) is 5.91 Å². The van der Waals surface area contributed by atoms with Crippen molar-refractivity contribution in [3.63, 3.8) is 0 Å². The standard InChI is InChI=1S/C32H53NO2/c1-22(2)7-6-8-23(3)27-11-12-28-26-10-9-25-21-24(30(34)33-17-19-35-20-18-33)13-15-31(25,4)29(26)14-16-32(27,28)5/h9,22-24,26-29H,6-8,10-21H2,1-5H3/t23-,24?,26+,27-,28+,29+,31+,32-/m0/s1. The third-order valence-electron chi connectivity index (χ3n) is 12.0. The number of nitrogens with zero attached hydrogens (tertiary/aromatic N) is 1. The first kappa shape index (κ1) is 25.8. The van der Waals surface area contributed by atoms with E-state index in [9.17, 15) is 4.79 Å². The molecule has 0 spiro atoms. The lowest BCUT2D eigenvalue weighted by atomic mass is 9.46. The molecule has 3 heteroatoms. The van der Waals surface area contributed by atoms with Crippen molar-refractivity contribution in [2.24, 2.45) is 52.3 Å². The molecule has 0 radical (unpaired) electrons. The minimum atomic E-state index is 0.209. The monoisotopic (exact) mass is 483 g/mol. The minimum absolute atomic E-state index is 0.209. The van der Waals surface area contributed by atoms with Crippen LogP contribution < -0.4 is 0 Å². The van der Waals surface area contributed by atoms with Crippen LogP contribution in [0.25, 0.3) is 0 Å². The zero-order valence-electron chi connectivity index (χ0n) is 23.5. The topological polar surface area (TPSA) is 29.5 Å². The first-order chi connectivity index (χ1) is 16.7. The molecule has 8 atom stereocenters. The fourth-order valence-corrected chi connectivity index (χ4v) is 9.94. The van der Waals surface area contributed by atoms with E-state index in [0.29, 0.717) is 30.0 Å². The SMILES string of the molecule is CC(C)CCC[C@H](C)[C@@H]1CC[C@@H]2[C@H]3CC=C4CC(C(=O)N5CCOCC5)CC[C@@]4(C)[C@@H]3CC[C@]21C. The van der Waals surface area contributed by atoms with Gasteiger partial charge in [-0.1, -0.05) is 65.5 Å². The molecule has 0 bridgehead atoms. The summed E-state index contributed by atoms with van der Waals surface area (Å²) in [5.41, 5.74) is 2.55. The average Bonchev–Trinajstić information content (AvgIpc) is 3.20. The number of fused-ring (bicyclic) bond motifs is 5. The number of ether oxygens (including phenoxy) is 1. The van der Waals surface area contributed by atoms with Crippen LogP contribution >= 0.6 is 0 Å².